The number of nitrogens with zero attached hydrogens (tertiary/aromatic N) is 2. The molecule has 0 saturated carbocycles. The number of hydrogen-bond acceptors (Lipinski definition) is 3. The highest BCUT2D eigenvalue weighted by atomic mass is 16.5. The number of piperidine rings is 1. The summed E-state index contributed by atoms with van der Waals surface area (Å²) >= 11 is 0. The van der Waals surface area contributed by atoms with Gasteiger partial charge in [-0.05, 0) is 71.2 Å². The Morgan fingerprint density at radius 1 is 1.21 bits per heavy atom. The van der Waals surface area contributed by atoms with Gasteiger partial charge in [0.15, 0.2) is 0 Å². The van der Waals surface area contributed by atoms with E-state index in [0.717, 1.165) is 56.2 Å². The highest BCUT2D eigenvalue weighted by Crippen LogP contribution is 2.31. The average molecular weight is 398 g/mol. The van der Waals surface area contributed by atoms with Crippen LogP contribution in [0.4, 0.5) is 0 Å². The lowest BCUT2D eigenvalue weighted by molar-refractivity contribution is -0.0629. The van der Waals surface area contributed by atoms with Crippen LogP contribution in [-0.4, -0.2) is 65.6 Å². The molecular formula is C24H35N3O2. The Hall–Kier alpha value is -1.85. The van der Waals surface area contributed by atoms with E-state index in [2.05, 4.69) is 30.7 Å². The quantitative estimate of drug-likeness (QED) is 0.763. The van der Waals surface area contributed by atoms with Gasteiger partial charge in [-0.2, -0.15) is 0 Å². The zero-order valence-electron chi connectivity index (χ0n) is 18.1. The molecule has 0 bridgehead atoms. The first kappa shape index (κ1) is 20.4. The fourth-order valence-electron chi connectivity index (χ4n) is 4.99. The van der Waals surface area contributed by atoms with Gasteiger partial charge in [0, 0.05) is 35.4 Å². The molecule has 2 fully saturated rings. The minimum Gasteiger partial charge on any atom is -0.381 e. The number of aromatic nitrogens is 1. The molecule has 158 valence electrons. The monoisotopic (exact) mass is 397 g/mol. The molecule has 0 spiro atoms. The van der Waals surface area contributed by atoms with Crippen molar-refractivity contribution < 1.29 is 9.53 Å². The summed E-state index contributed by atoms with van der Waals surface area (Å²) in [7, 11) is 0. The van der Waals surface area contributed by atoms with Crippen molar-refractivity contribution in [2.45, 2.75) is 45.6 Å². The summed E-state index contributed by atoms with van der Waals surface area (Å²) in [6.07, 6.45) is 3.56. The first-order valence-electron chi connectivity index (χ1n) is 11.2. The average Bonchev–Trinajstić information content (AvgIpc) is 3.13. The summed E-state index contributed by atoms with van der Waals surface area (Å²) in [6, 6.07) is 10.1. The number of likely N-dealkylation sites (tertiary alicyclic amines) is 1. The van der Waals surface area contributed by atoms with Crippen molar-refractivity contribution in [1.82, 2.24) is 14.8 Å². The van der Waals surface area contributed by atoms with Gasteiger partial charge in [0.1, 0.15) is 5.69 Å². The molecule has 0 aliphatic carbocycles. The van der Waals surface area contributed by atoms with Crippen LogP contribution in [0.25, 0.3) is 10.9 Å². The van der Waals surface area contributed by atoms with Crippen LogP contribution in [0.15, 0.2) is 30.3 Å². The van der Waals surface area contributed by atoms with Crippen LogP contribution in [0.1, 0.15) is 50.5 Å². The SMILES string of the molecule is CCN(CC1CCN(C(C)(C)CC2COC2)CC1)C(=O)c1cc2ccccc2[nH]1. The third-order valence-corrected chi connectivity index (χ3v) is 6.87. The molecule has 3 heterocycles. The molecule has 0 atom stereocenters. The van der Waals surface area contributed by atoms with E-state index in [1.54, 1.807) is 0 Å². The van der Waals surface area contributed by atoms with Crippen molar-refractivity contribution in [3.05, 3.63) is 36.0 Å². The third kappa shape index (κ3) is 4.51. The second-order valence-electron chi connectivity index (χ2n) is 9.46. The van der Waals surface area contributed by atoms with Crippen LogP contribution in [0.2, 0.25) is 0 Å². The number of fused-ring (bicyclic) bond motifs is 1. The predicted octanol–water partition coefficient (Wildman–Crippen LogP) is 4.16. The number of benzene rings is 1. The van der Waals surface area contributed by atoms with Crippen LogP contribution < -0.4 is 0 Å². The largest absolute Gasteiger partial charge is 0.381 e. The maximum absolute atomic E-state index is 13.1. The lowest BCUT2D eigenvalue weighted by Crippen LogP contribution is -2.51. The van der Waals surface area contributed by atoms with Crippen LogP contribution in [-0.2, 0) is 4.74 Å². The van der Waals surface area contributed by atoms with Crippen molar-refractivity contribution in [2.24, 2.45) is 11.8 Å². The van der Waals surface area contributed by atoms with E-state index >= 15 is 0 Å². The maximum atomic E-state index is 13.1. The van der Waals surface area contributed by atoms with E-state index in [9.17, 15) is 4.79 Å². The summed E-state index contributed by atoms with van der Waals surface area (Å²) in [5.41, 5.74) is 1.97. The second-order valence-corrected chi connectivity index (χ2v) is 9.46. The molecule has 0 unspecified atom stereocenters. The van der Waals surface area contributed by atoms with E-state index in [4.69, 9.17) is 4.74 Å². The molecule has 4 rings (SSSR count). The summed E-state index contributed by atoms with van der Waals surface area (Å²) < 4.78 is 5.36. The minimum absolute atomic E-state index is 0.122. The Morgan fingerprint density at radius 2 is 1.93 bits per heavy atom. The Labute approximate surface area is 174 Å². The van der Waals surface area contributed by atoms with Gasteiger partial charge in [0.25, 0.3) is 5.91 Å². The smallest absolute Gasteiger partial charge is 0.270 e. The molecule has 1 amide bonds. The Bertz CT molecular complexity index is 799. The molecule has 5 nitrogen and oxygen atoms in total. The fourth-order valence-corrected chi connectivity index (χ4v) is 4.99. The van der Waals surface area contributed by atoms with Gasteiger partial charge in [-0.25, -0.2) is 0 Å². The second kappa shape index (κ2) is 8.49. The molecule has 1 N–H and O–H groups in total. The molecule has 2 aliphatic heterocycles. The maximum Gasteiger partial charge on any atom is 0.270 e. The summed E-state index contributed by atoms with van der Waals surface area (Å²) in [6.45, 7) is 12.6. The van der Waals surface area contributed by atoms with Gasteiger partial charge in [-0.1, -0.05) is 18.2 Å². The number of carbonyl (C=O) groups excluding carboxylic acids is 1. The van der Waals surface area contributed by atoms with Gasteiger partial charge in [0.2, 0.25) is 0 Å². The number of ether oxygens (including phenoxy) is 1. The fraction of sp³-hybridized carbons (Fsp3) is 0.625. The van der Waals surface area contributed by atoms with Gasteiger partial charge in [-0.3, -0.25) is 9.69 Å². The molecule has 0 radical (unpaired) electrons. The van der Waals surface area contributed by atoms with Crippen LogP contribution in [0.3, 0.4) is 0 Å². The zero-order chi connectivity index (χ0) is 20.4. The van der Waals surface area contributed by atoms with E-state index in [-0.39, 0.29) is 11.4 Å². The number of carbonyl (C=O) groups is 1. The van der Waals surface area contributed by atoms with Gasteiger partial charge >= 0.3 is 0 Å². The molecule has 2 aliphatic rings. The van der Waals surface area contributed by atoms with Crippen LogP contribution >= 0.6 is 0 Å². The number of H-pyrrole nitrogens is 1. The molecule has 29 heavy (non-hydrogen) atoms. The molecule has 5 heteroatoms. The molecular weight excluding hydrogens is 362 g/mol. The van der Waals surface area contributed by atoms with E-state index < -0.39 is 0 Å². The van der Waals surface area contributed by atoms with Crippen LogP contribution in [0.5, 0.6) is 0 Å². The van der Waals surface area contributed by atoms with Crippen molar-refractivity contribution in [2.75, 3.05) is 39.4 Å². The summed E-state index contributed by atoms with van der Waals surface area (Å²) in [5.74, 6) is 1.44. The molecule has 2 aromatic rings. The van der Waals surface area contributed by atoms with Crippen molar-refractivity contribution in [3.8, 4) is 0 Å². The van der Waals surface area contributed by atoms with Gasteiger partial charge < -0.3 is 14.6 Å². The number of para-hydroxylation sites is 1. The number of rotatable bonds is 7. The van der Waals surface area contributed by atoms with Gasteiger partial charge in [-0.15, -0.1) is 0 Å². The van der Waals surface area contributed by atoms with E-state index in [0.29, 0.717) is 11.6 Å². The zero-order valence-corrected chi connectivity index (χ0v) is 18.1. The topological polar surface area (TPSA) is 48.6 Å². The lowest BCUT2D eigenvalue weighted by Gasteiger charge is -2.46. The van der Waals surface area contributed by atoms with Crippen molar-refractivity contribution in [1.29, 1.82) is 0 Å². The standard InChI is InChI=1S/C24H35N3O2/c1-4-26(23(28)22-13-20-7-5-6-8-21(20)25-22)15-18-9-11-27(12-10-18)24(2,3)14-19-16-29-17-19/h5-8,13,18-19,25H,4,9-12,14-17H2,1-3H3. The lowest BCUT2D eigenvalue weighted by atomic mass is 9.85. The molecule has 1 aromatic heterocycles. The Morgan fingerprint density at radius 3 is 2.55 bits per heavy atom. The minimum atomic E-state index is 0.122. The van der Waals surface area contributed by atoms with Crippen molar-refractivity contribution >= 4 is 16.8 Å². The number of amides is 1. The first-order chi connectivity index (χ1) is 14.0. The normalized spacial score (nSPS) is 19.4. The third-order valence-electron chi connectivity index (χ3n) is 6.87. The highest BCUT2D eigenvalue weighted by Gasteiger charge is 2.35. The summed E-state index contributed by atoms with van der Waals surface area (Å²) in [4.78, 5) is 21.0. The number of hydrogen-bond donors (Lipinski definition) is 1. The number of aromatic amines is 1. The highest BCUT2D eigenvalue weighted by molar-refractivity contribution is 5.98. The molecule has 2 saturated heterocycles. The van der Waals surface area contributed by atoms with Gasteiger partial charge in [0.05, 0.1) is 13.2 Å². The van der Waals surface area contributed by atoms with E-state index in [1.807, 2.05) is 35.2 Å². The first-order valence-corrected chi connectivity index (χ1v) is 11.2. The van der Waals surface area contributed by atoms with E-state index in [1.165, 1.54) is 19.3 Å². The Kier molecular flexibility index (Phi) is 5.98. The molecule has 1 aromatic carbocycles. The van der Waals surface area contributed by atoms with Crippen LogP contribution in [0, 0.1) is 11.8 Å². The predicted molar refractivity (Wildman–Crippen MR) is 117 cm³/mol. The Balaban J connectivity index is 1.33. The van der Waals surface area contributed by atoms with Crippen molar-refractivity contribution in [3.63, 3.8) is 0 Å². The number of nitrogens with one attached hydrogen (secondary N) is 1. The summed E-state index contributed by atoms with van der Waals surface area (Å²) in [5, 5.41) is 1.10.